The number of likely N-dealkylation sites (tertiary alicyclic amines) is 1. The second-order valence-electron chi connectivity index (χ2n) is 8.93. The van der Waals surface area contributed by atoms with Crippen LogP contribution in [0, 0.1) is 5.92 Å². The fourth-order valence-electron chi connectivity index (χ4n) is 5.52. The Labute approximate surface area is 168 Å². The van der Waals surface area contributed by atoms with E-state index in [4.69, 9.17) is 5.73 Å². The van der Waals surface area contributed by atoms with E-state index >= 15 is 0 Å². The summed E-state index contributed by atoms with van der Waals surface area (Å²) in [4.78, 5) is 53.1. The predicted molar refractivity (Wildman–Crippen MR) is 103 cm³/mol. The number of imide groups is 2. The second kappa shape index (κ2) is 6.47. The van der Waals surface area contributed by atoms with Crippen molar-refractivity contribution in [3.8, 4) is 0 Å². The Kier molecular flexibility index (Phi) is 4.11. The number of hydrogen-bond acceptors (Lipinski definition) is 6. The van der Waals surface area contributed by atoms with Gasteiger partial charge in [-0.15, -0.1) is 0 Å². The zero-order valence-electron chi connectivity index (χ0n) is 16.1. The van der Waals surface area contributed by atoms with Crippen LogP contribution >= 0.6 is 0 Å². The van der Waals surface area contributed by atoms with Crippen molar-refractivity contribution in [2.24, 2.45) is 11.7 Å². The van der Waals surface area contributed by atoms with Gasteiger partial charge in [-0.1, -0.05) is 12.1 Å². The molecule has 1 aromatic rings. The number of hydrogen-bond donors (Lipinski definition) is 2. The van der Waals surface area contributed by atoms with Gasteiger partial charge in [-0.05, 0) is 43.2 Å². The van der Waals surface area contributed by atoms with Crippen LogP contribution in [0.1, 0.15) is 58.4 Å². The number of piperidine rings is 2. The number of nitrogens with two attached hydrogens (primary N) is 1. The molecule has 3 N–H and O–H groups in total. The standard InChI is InChI=1S/C21H24N4O4/c22-21-7-6-12(8-21)9-24(11-21)10-13-2-1-3-14-17(13)20(29)25(19(14)28)15-4-5-16(26)23-18(15)27/h1-3,12,15H,4-11,22H2,(H,23,26,27). The lowest BCUT2D eigenvalue weighted by molar-refractivity contribution is -0.136. The first kappa shape index (κ1) is 18.4. The SMILES string of the molecule is NC12CCC(CN(Cc3cccc4c3C(=O)N(C3CCC(=O)NC3=O)C4=O)C1)C2. The van der Waals surface area contributed by atoms with Gasteiger partial charge in [-0.2, -0.15) is 0 Å². The molecule has 8 heteroatoms. The van der Waals surface area contributed by atoms with Gasteiger partial charge in [0, 0.05) is 31.6 Å². The maximum absolute atomic E-state index is 13.2. The summed E-state index contributed by atoms with van der Waals surface area (Å²) in [5, 5.41) is 2.23. The highest BCUT2D eigenvalue weighted by Gasteiger charge is 2.46. The number of nitrogens with one attached hydrogen (secondary N) is 1. The first-order valence-corrected chi connectivity index (χ1v) is 10.2. The first-order valence-electron chi connectivity index (χ1n) is 10.2. The minimum Gasteiger partial charge on any atom is -0.324 e. The van der Waals surface area contributed by atoms with E-state index in [-0.39, 0.29) is 24.3 Å². The normalized spacial score (nSPS) is 32.0. The summed E-state index contributed by atoms with van der Waals surface area (Å²) < 4.78 is 0. The van der Waals surface area contributed by atoms with Crippen LogP contribution in [0.4, 0.5) is 0 Å². The number of carbonyl (C=O) groups excluding carboxylic acids is 4. The summed E-state index contributed by atoms with van der Waals surface area (Å²) >= 11 is 0. The van der Waals surface area contributed by atoms with Gasteiger partial charge in [0.1, 0.15) is 6.04 Å². The largest absolute Gasteiger partial charge is 0.324 e. The number of nitrogens with zero attached hydrogens (tertiary/aromatic N) is 2. The molecule has 3 atom stereocenters. The third-order valence-corrected chi connectivity index (χ3v) is 6.75. The number of fused-ring (bicyclic) bond motifs is 3. The molecule has 3 fully saturated rings. The van der Waals surface area contributed by atoms with Crippen molar-refractivity contribution in [1.29, 1.82) is 0 Å². The minimum atomic E-state index is -0.939. The number of carbonyl (C=O) groups is 4. The van der Waals surface area contributed by atoms with Crippen LogP contribution in [0.5, 0.6) is 0 Å². The molecule has 2 saturated heterocycles. The Bertz CT molecular complexity index is 945. The van der Waals surface area contributed by atoms with Crippen molar-refractivity contribution in [3.05, 3.63) is 34.9 Å². The van der Waals surface area contributed by atoms with Gasteiger partial charge >= 0.3 is 0 Å². The van der Waals surface area contributed by atoms with E-state index in [1.54, 1.807) is 12.1 Å². The highest BCUT2D eigenvalue weighted by Crippen LogP contribution is 2.39. The lowest BCUT2D eigenvalue weighted by atomic mass is 9.91. The van der Waals surface area contributed by atoms with Gasteiger partial charge in [0.2, 0.25) is 11.8 Å². The average molecular weight is 396 g/mol. The molecule has 1 aromatic carbocycles. The van der Waals surface area contributed by atoms with Crippen LogP contribution in [0.15, 0.2) is 18.2 Å². The molecular formula is C21H24N4O4. The average Bonchev–Trinajstić information content (AvgIpc) is 3.09. The number of benzene rings is 1. The van der Waals surface area contributed by atoms with E-state index in [9.17, 15) is 19.2 Å². The van der Waals surface area contributed by atoms with Gasteiger partial charge in [0.25, 0.3) is 11.8 Å². The molecule has 2 bridgehead atoms. The first-order chi connectivity index (χ1) is 13.8. The quantitative estimate of drug-likeness (QED) is 0.715. The van der Waals surface area contributed by atoms with E-state index in [0.717, 1.165) is 42.8 Å². The van der Waals surface area contributed by atoms with Crippen LogP contribution in [0.2, 0.25) is 0 Å². The van der Waals surface area contributed by atoms with Crippen LogP contribution in [-0.4, -0.2) is 58.1 Å². The van der Waals surface area contributed by atoms with Crippen molar-refractivity contribution >= 4 is 23.6 Å². The monoisotopic (exact) mass is 396 g/mol. The van der Waals surface area contributed by atoms with Gasteiger partial charge in [-0.25, -0.2) is 0 Å². The molecule has 0 spiro atoms. The van der Waals surface area contributed by atoms with Crippen molar-refractivity contribution in [1.82, 2.24) is 15.1 Å². The Morgan fingerprint density at radius 1 is 1.14 bits per heavy atom. The highest BCUT2D eigenvalue weighted by molar-refractivity contribution is 6.24. The molecule has 0 aromatic heterocycles. The van der Waals surface area contributed by atoms with Crippen LogP contribution in [-0.2, 0) is 16.1 Å². The summed E-state index contributed by atoms with van der Waals surface area (Å²) in [5.41, 5.74) is 7.86. The molecule has 1 aliphatic carbocycles. The van der Waals surface area contributed by atoms with Crippen molar-refractivity contribution in [2.45, 2.75) is 50.2 Å². The Morgan fingerprint density at radius 3 is 2.72 bits per heavy atom. The molecule has 1 saturated carbocycles. The molecule has 152 valence electrons. The lowest BCUT2D eigenvalue weighted by Gasteiger charge is -2.38. The number of rotatable bonds is 3. The summed E-state index contributed by atoms with van der Waals surface area (Å²) in [6, 6.07) is 4.35. The second-order valence-corrected chi connectivity index (χ2v) is 8.93. The van der Waals surface area contributed by atoms with Crippen LogP contribution in [0.25, 0.3) is 0 Å². The summed E-state index contributed by atoms with van der Waals surface area (Å²) in [7, 11) is 0. The summed E-state index contributed by atoms with van der Waals surface area (Å²) in [6.07, 6.45) is 3.50. The fraction of sp³-hybridized carbons (Fsp3) is 0.524. The topological polar surface area (TPSA) is 113 Å². The Balaban J connectivity index is 1.42. The summed E-state index contributed by atoms with van der Waals surface area (Å²) in [6.45, 7) is 2.29. The molecule has 29 heavy (non-hydrogen) atoms. The van der Waals surface area contributed by atoms with Crippen LogP contribution in [0.3, 0.4) is 0 Å². The maximum Gasteiger partial charge on any atom is 0.262 e. The molecule has 3 heterocycles. The molecule has 0 radical (unpaired) electrons. The fourth-order valence-corrected chi connectivity index (χ4v) is 5.52. The van der Waals surface area contributed by atoms with E-state index in [2.05, 4.69) is 10.2 Å². The van der Waals surface area contributed by atoms with Crippen molar-refractivity contribution in [2.75, 3.05) is 13.1 Å². The van der Waals surface area contributed by atoms with E-state index in [1.807, 2.05) is 6.07 Å². The molecular weight excluding hydrogens is 372 g/mol. The van der Waals surface area contributed by atoms with Crippen LogP contribution < -0.4 is 11.1 Å². The zero-order chi connectivity index (χ0) is 20.3. The smallest absolute Gasteiger partial charge is 0.262 e. The molecule has 3 aliphatic heterocycles. The molecule has 5 rings (SSSR count). The molecule has 8 nitrogen and oxygen atoms in total. The Hall–Kier alpha value is -2.58. The molecule has 4 amide bonds. The van der Waals surface area contributed by atoms with Gasteiger partial charge in [-0.3, -0.25) is 34.3 Å². The number of amides is 4. The van der Waals surface area contributed by atoms with Gasteiger partial charge in [0.05, 0.1) is 11.1 Å². The van der Waals surface area contributed by atoms with Gasteiger partial charge in [0.15, 0.2) is 0 Å². The molecule has 3 unspecified atom stereocenters. The maximum atomic E-state index is 13.2. The summed E-state index contributed by atoms with van der Waals surface area (Å²) in [5.74, 6) is -1.29. The van der Waals surface area contributed by atoms with Crippen molar-refractivity contribution < 1.29 is 19.2 Å². The highest BCUT2D eigenvalue weighted by atomic mass is 16.2. The predicted octanol–water partition coefficient (Wildman–Crippen LogP) is 0.401. The Morgan fingerprint density at radius 2 is 1.97 bits per heavy atom. The van der Waals surface area contributed by atoms with E-state index < -0.39 is 23.8 Å². The third-order valence-electron chi connectivity index (χ3n) is 6.75. The lowest BCUT2D eigenvalue weighted by Crippen LogP contribution is -2.54. The van der Waals surface area contributed by atoms with Crippen molar-refractivity contribution in [3.63, 3.8) is 0 Å². The third kappa shape index (κ3) is 2.98. The molecule has 4 aliphatic rings. The zero-order valence-corrected chi connectivity index (χ0v) is 16.1. The minimum absolute atomic E-state index is 0.115. The van der Waals surface area contributed by atoms with E-state index in [1.165, 1.54) is 0 Å². The van der Waals surface area contributed by atoms with Gasteiger partial charge < -0.3 is 5.73 Å². The van der Waals surface area contributed by atoms with E-state index in [0.29, 0.717) is 23.6 Å².